The van der Waals surface area contributed by atoms with E-state index in [0.29, 0.717) is 0 Å². The molecular weight excluding hydrogens is 268 g/mol. The Labute approximate surface area is 116 Å². The molecule has 6 heteroatoms. The number of hydrogen-bond donors (Lipinski definition) is 2. The Kier molecular flexibility index (Phi) is 4.66. The number of imidazole rings is 1. The normalized spacial score (nSPS) is 12.6. The van der Waals surface area contributed by atoms with Crippen LogP contribution in [-0.4, -0.2) is 15.3 Å². The van der Waals surface area contributed by atoms with E-state index < -0.39 is 0 Å². The Balaban J connectivity index is 2.05. The van der Waals surface area contributed by atoms with E-state index >= 15 is 0 Å². The number of hydrogen-bond acceptors (Lipinski definition) is 4. The second-order valence-electron chi connectivity index (χ2n) is 3.86. The third kappa shape index (κ3) is 3.05. The van der Waals surface area contributed by atoms with Gasteiger partial charge in [-0.3, -0.25) is 5.84 Å². The summed E-state index contributed by atoms with van der Waals surface area (Å²) < 4.78 is 1.96. The second kappa shape index (κ2) is 6.24. The first-order valence-electron chi connectivity index (χ1n) is 5.53. The van der Waals surface area contributed by atoms with Gasteiger partial charge in [0.2, 0.25) is 0 Å². The van der Waals surface area contributed by atoms with Crippen LogP contribution >= 0.6 is 23.4 Å². The fourth-order valence-electron chi connectivity index (χ4n) is 1.65. The van der Waals surface area contributed by atoms with Gasteiger partial charge in [0.1, 0.15) is 5.82 Å². The molecule has 1 aromatic carbocycles. The molecule has 0 radical (unpaired) electrons. The molecule has 0 spiro atoms. The van der Waals surface area contributed by atoms with Crippen molar-refractivity contribution in [2.24, 2.45) is 12.9 Å². The fraction of sp³-hybridized carbons (Fsp3) is 0.250. The average Bonchev–Trinajstić information content (AvgIpc) is 2.79. The minimum Gasteiger partial charge on any atom is -0.337 e. The highest BCUT2D eigenvalue weighted by Crippen LogP contribution is 2.29. The highest BCUT2D eigenvalue weighted by molar-refractivity contribution is 7.99. The van der Waals surface area contributed by atoms with E-state index in [0.717, 1.165) is 21.5 Å². The van der Waals surface area contributed by atoms with Gasteiger partial charge in [-0.1, -0.05) is 23.7 Å². The van der Waals surface area contributed by atoms with Crippen molar-refractivity contribution in [1.29, 1.82) is 0 Å². The summed E-state index contributed by atoms with van der Waals surface area (Å²) in [4.78, 5) is 5.35. The molecule has 2 rings (SSSR count). The molecule has 96 valence electrons. The van der Waals surface area contributed by atoms with Gasteiger partial charge in [0, 0.05) is 30.1 Å². The van der Waals surface area contributed by atoms with Crippen molar-refractivity contribution in [2.45, 2.75) is 10.9 Å². The molecular formula is C12H15ClN4S. The smallest absolute Gasteiger partial charge is 0.127 e. The van der Waals surface area contributed by atoms with E-state index in [4.69, 9.17) is 17.4 Å². The number of nitrogens with two attached hydrogens (primary N) is 1. The van der Waals surface area contributed by atoms with Gasteiger partial charge in [-0.25, -0.2) is 10.4 Å². The number of nitrogens with one attached hydrogen (secondary N) is 1. The SMILES string of the molecule is Cn1ccnc1C(CSc1ccccc1Cl)NN. The molecule has 0 amide bonds. The number of benzene rings is 1. The topological polar surface area (TPSA) is 55.9 Å². The third-order valence-corrected chi connectivity index (χ3v) is 4.22. The second-order valence-corrected chi connectivity index (χ2v) is 5.33. The minimum absolute atomic E-state index is 0.00808. The molecule has 1 aromatic heterocycles. The maximum Gasteiger partial charge on any atom is 0.127 e. The molecule has 0 aliphatic rings. The van der Waals surface area contributed by atoms with Gasteiger partial charge in [-0.15, -0.1) is 11.8 Å². The lowest BCUT2D eigenvalue weighted by Crippen LogP contribution is -2.31. The van der Waals surface area contributed by atoms with Crippen LogP contribution in [0.3, 0.4) is 0 Å². The monoisotopic (exact) mass is 282 g/mol. The summed E-state index contributed by atoms with van der Waals surface area (Å²) in [6.45, 7) is 0. The molecule has 0 aliphatic heterocycles. The zero-order valence-corrected chi connectivity index (χ0v) is 11.6. The third-order valence-electron chi connectivity index (χ3n) is 2.61. The summed E-state index contributed by atoms with van der Waals surface area (Å²) in [6, 6.07) is 7.77. The molecule has 4 nitrogen and oxygen atoms in total. The molecule has 0 aliphatic carbocycles. The van der Waals surface area contributed by atoms with E-state index in [1.165, 1.54) is 0 Å². The maximum atomic E-state index is 6.11. The van der Waals surface area contributed by atoms with Gasteiger partial charge in [-0.05, 0) is 12.1 Å². The number of halogens is 1. The van der Waals surface area contributed by atoms with Crippen LogP contribution in [-0.2, 0) is 7.05 Å². The number of aromatic nitrogens is 2. The van der Waals surface area contributed by atoms with Crippen LogP contribution in [0.4, 0.5) is 0 Å². The van der Waals surface area contributed by atoms with Crippen molar-refractivity contribution in [3.05, 3.63) is 47.5 Å². The summed E-state index contributed by atoms with van der Waals surface area (Å²) in [5.74, 6) is 7.27. The van der Waals surface area contributed by atoms with Crippen LogP contribution < -0.4 is 11.3 Å². The first kappa shape index (κ1) is 13.4. The number of thioether (sulfide) groups is 1. The van der Waals surface area contributed by atoms with E-state index in [-0.39, 0.29) is 6.04 Å². The highest BCUT2D eigenvalue weighted by atomic mass is 35.5. The summed E-state index contributed by atoms with van der Waals surface area (Å²) in [6.07, 6.45) is 3.67. The van der Waals surface area contributed by atoms with Gasteiger partial charge in [0.25, 0.3) is 0 Å². The lowest BCUT2D eigenvalue weighted by molar-refractivity contribution is 0.557. The van der Waals surface area contributed by atoms with Crippen molar-refractivity contribution < 1.29 is 0 Å². The standard InChI is InChI=1S/C12H15ClN4S/c1-17-7-6-15-12(17)10(16-14)8-18-11-5-3-2-4-9(11)13/h2-7,10,16H,8,14H2,1H3. The zero-order valence-electron chi connectivity index (χ0n) is 10.0. The van der Waals surface area contributed by atoms with Gasteiger partial charge >= 0.3 is 0 Å². The van der Waals surface area contributed by atoms with E-state index in [1.807, 2.05) is 42.1 Å². The van der Waals surface area contributed by atoms with Crippen molar-refractivity contribution in [1.82, 2.24) is 15.0 Å². The zero-order chi connectivity index (χ0) is 13.0. The Morgan fingerprint density at radius 3 is 2.89 bits per heavy atom. The first-order chi connectivity index (χ1) is 8.72. The van der Waals surface area contributed by atoms with E-state index in [1.54, 1.807) is 18.0 Å². The van der Waals surface area contributed by atoms with Crippen molar-refractivity contribution in [3.63, 3.8) is 0 Å². The Bertz CT molecular complexity index is 514. The Morgan fingerprint density at radius 1 is 1.50 bits per heavy atom. The largest absolute Gasteiger partial charge is 0.337 e. The number of nitrogens with zero attached hydrogens (tertiary/aromatic N) is 2. The molecule has 2 aromatic rings. The average molecular weight is 283 g/mol. The van der Waals surface area contributed by atoms with Gasteiger partial charge in [0.05, 0.1) is 11.1 Å². The van der Waals surface area contributed by atoms with Crippen LogP contribution in [0.1, 0.15) is 11.9 Å². The molecule has 0 bridgehead atoms. The van der Waals surface area contributed by atoms with Crippen molar-refractivity contribution in [2.75, 3.05) is 5.75 Å². The predicted molar refractivity (Wildman–Crippen MR) is 75.4 cm³/mol. The lowest BCUT2D eigenvalue weighted by Gasteiger charge is -2.15. The van der Waals surface area contributed by atoms with Crippen LogP contribution in [0.2, 0.25) is 5.02 Å². The predicted octanol–water partition coefficient (Wildman–Crippen LogP) is 2.37. The first-order valence-corrected chi connectivity index (χ1v) is 6.89. The quantitative estimate of drug-likeness (QED) is 0.502. The van der Waals surface area contributed by atoms with E-state index in [2.05, 4.69) is 10.4 Å². The molecule has 0 saturated carbocycles. The molecule has 1 unspecified atom stereocenters. The van der Waals surface area contributed by atoms with E-state index in [9.17, 15) is 0 Å². The summed E-state index contributed by atoms with van der Waals surface area (Å²) in [5.41, 5.74) is 2.79. The molecule has 0 fully saturated rings. The van der Waals surface area contributed by atoms with Crippen molar-refractivity contribution >= 4 is 23.4 Å². The van der Waals surface area contributed by atoms with Crippen LogP contribution in [0, 0.1) is 0 Å². The number of rotatable bonds is 5. The highest BCUT2D eigenvalue weighted by Gasteiger charge is 2.15. The Hall–Kier alpha value is -1.01. The van der Waals surface area contributed by atoms with Crippen molar-refractivity contribution in [3.8, 4) is 0 Å². The molecule has 3 N–H and O–H groups in total. The fourth-order valence-corrected chi connectivity index (χ4v) is 2.92. The molecule has 0 saturated heterocycles. The van der Waals surface area contributed by atoms with Gasteiger partial charge in [-0.2, -0.15) is 0 Å². The van der Waals surface area contributed by atoms with Crippen LogP contribution in [0.25, 0.3) is 0 Å². The Morgan fingerprint density at radius 2 is 2.28 bits per heavy atom. The van der Waals surface area contributed by atoms with Crippen LogP contribution in [0.15, 0.2) is 41.6 Å². The van der Waals surface area contributed by atoms with Crippen LogP contribution in [0.5, 0.6) is 0 Å². The molecule has 1 atom stereocenters. The van der Waals surface area contributed by atoms with Gasteiger partial charge < -0.3 is 4.57 Å². The number of aryl methyl sites for hydroxylation is 1. The minimum atomic E-state index is -0.00808. The lowest BCUT2D eigenvalue weighted by atomic mass is 10.3. The summed E-state index contributed by atoms with van der Waals surface area (Å²) in [5, 5.41) is 0.762. The summed E-state index contributed by atoms with van der Waals surface area (Å²) in [7, 11) is 1.95. The maximum absolute atomic E-state index is 6.11. The molecule has 1 heterocycles. The molecule has 18 heavy (non-hydrogen) atoms. The van der Waals surface area contributed by atoms with Gasteiger partial charge in [0.15, 0.2) is 0 Å². The summed E-state index contributed by atoms with van der Waals surface area (Å²) >= 11 is 7.77. The number of hydrazine groups is 1.